The van der Waals surface area contributed by atoms with Crippen LogP contribution in [0.4, 0.5) is 61.5 Å². The van der Waals surface area contributed by atoms with E-state index < -0.39 is 166 Å². The highest BCUT2D eigenvalue weighted by atomic mass is 31.2. The molecule has 2 aromatic carbocycles. The van der Waals surface area contributed by atoms with Gasteiger partial charge in [0.25, 0.3) is 11.2 Å². The van der Waals surface area contributed by atoms with E-state index in [1.54, 1.807) is 39.6 Å². The van der Waals surface area contributed by atoms with Crippen molar-refractivity contribution in [3.05, 3.63) is 144 Å². The summed E-state index contributed by atoms with van der Waals surface area (Å²) in [4.78, 5) is 12.9. The van der Waals surface area contributed by atoms with Gasteiger partial charge >= 0.3 is 24.7 Å². The van der Waals surface area contributed by atoms with Crippen LogP contribution >= 0.6 is 7.14 Å². The molecule has 6 saturated carbocycles. The van der Waals surface area contributed by atoms with Crippen molar-refractivity contribution in [3.8, 4) is 0 Å². The molecule has 8 rings (SSSR count). The molecule has 26 heteroatoms. The molecule has 0 amide bonds. The predicted molar refractivity (Wildman–Crippen MR) is 447 cm³/mol. The number of ketones is 1. The highest BCUT2D eigenvalue weighted by Crippen LogP contribution is 2.65. The van der Waals surface area contributed by atoms with Crippen LogP contribution in [0.5, 0.6) is 0 Å². The summed E-state index contributed by atoms with van der Waals surface area (Å²) in [7, 11) is -11.1. The fraction of sp³-hybridized carbons (Fsp3) is 0.700. The molecule has 2 aromatic rings. The number of carbonyl (C=O) groups is 1. The van der Waals surface area contributed by atoms with Gasteiger partial charge in [-0.05, 0) is 268 Å². The third-order valence-electron chi connectivity index (χ3n) is 25.7. The maximum Gasteiger partial charge on any atom is 0.429 e. The summed E-state index contributed by atoms with van der Waals surface area (Å²) in [6, 6.07) is 19.2. The minimum Gasteiger partial charge on any atom is -0.413 e. The predicted octanol–water partition coefficient (Wildman–Crippen LogP) is 26.1. The van der Waals surface area contributed by atoms with Gasteiger partial charge in [-0.2, -0.15) is 52.7 Å². The van der Waals surface area contributed by atoms with Gasteiger partial charge in [-0.25, -0.2) is 8.78 Å². The zero-order valence-corrected chi connectivity index (χ0v) is 74.1. The van der Waals surface area contributed by atoms with Crippen molar-refractivity contribution in [3.63, 3.8) is 0 Å². The SMILES string of the molecule is C=C1/C(=C\CP(=O)(c2ccccc2)c2ccccc2)C[C@@H](O[Si](C)(C)C(C)(C)C)C[C@@H]1F.[2H]C([2H])([2H])C(CCCC(C)(C/C=C\C(O[Si](C)(C)C)(C(F)(F)F)C(F)(F)F)[C@H]1CCC2C(=O)CCC[C@@]21C)(O[Si](C)(C)C)C([2H])([2H])[2H].[2H]C([2H])([2H])C(O)(CCCC(C)(C/C=C\C(O)(C(F)(F)F)C(F)(F)F)[C@H]1CCC2/C(=C/C=C3/C[C@@H](O)C[C@H](F)C3=C)CCC[C@@]21C)C([2H])([2H])[2H]. The van der Waals surface area contributed by atoms with E-state index >= 15 is 0 Å². The van der Waals surface area contributed by atoms with Crippen LogP contribution in [-0.2, 0) is 22.6 Å². The fourth-order valence-electron chi connectivity index (χ4n) is 19.0. The largest absolute Gasteiger partial charge is 0.429 e. The number of fused-ring (bicyclic) bond motifs is 2. The summed E-state index contributed by atoms with van der Waals surface area (Å²) in [5, 5.41) is 32.3. The molecule has 0 heterocycles. The lowest BCUT2D eigenvalue weighted by molar-refractivity contribution is -0.347. The van der Waals surface area contributed by atoms with E-state index in [1.165, 1.54) is 19.6 Å². The Morgan fingerprint density at radius 2 is 1.05 bits per heavy atom. The summed E-state index contributed by atoms with van der Waals surface area (Å²) in [5.41, 5.74) is -15.3. The van der Waals surface area contributed by atoms with Gasteiger partial charge in [-0.3, -0.25) is 4.79 Å². The monoisotopic (exact) mass is 1740 g/mol. The van der Waals surface area contributed by atoms with Crippen molar-refractivity contribution in [1.82, 2.24) is 0 Å². The van der Waals surface area contributed by atoms with Crippen molar-refractivity contribution >= 4 is 48.5 Å². The third-order valence-corrected chi connectivity index (χ3v) is 35.1. The lowest BCUT2D eigenvalue weighted by Gasteiger charge is -2.49. The Morgan fingerprint density at radius 3 is 1.53 bits per heavy atom. The molecule has 0 saturated heterocycles. The molecule has 12 atom stereocenters. The number of aliphatic hydroxyl groups excluding tert-OH is 1. The van der Waals surface area contributed by atoms with E-state index in [9.17, 15) is 86.1 Å². The van der Waals surface area contributed by atoms with Crippen LogP contribution in [0.1, 0.15) is 234 Å². The molecule has 116 heavy (non-hydrogen) atoms. The first kappa shape index (κ1) is 82.9. The smallest absolute Gasteiger partial charge is 0.413 e. The number of rotatable bonds is 27. The number of allylic oxidation sites excluding steroid dienone is 8. The lowest BCUT2D eigenvalue weighted by atomic mass is 9.55. The number of benzene rings is 2. The summed E-state index contributed by atoms with van der Waals surface area (Å²) in [5.74, 6) is -0.957. The molecule has 0 spiro atoms. The fourth-order valence-corrected chi connectivity index (χ4v) is 25.3. The molecule has 8 nitrogen and oxygen atoms in total. The lowest BCUT2D eigenvalue weighted by Crippen LogP contribution is -2.61. The van der Waals surface area contributed by atoms with Gasteiger partial charge in [0.2, 0.25) is 0 Å². The molecule has 6 aliphatic carbocycles. The summed E-state index contributed by atoms with van der Waals surface area (Å²) >= 11 is 0. The Kier molecular flexibility index (Phi) is 26.8. The third kappa shape index (κ3) is 24.9. The van der Waals surface area contributed by atoms with E-state index in [4.69, 9.17) is 29.7 Å². The van der Waals surface area contributed by atoms with Crippen molar-refractivity contribution in [1.29, 1.82) is 0 Å². The summed E-state index contributed by atoms with van der Waals surface area (Å²) < 4.78 is 323. The highest BCUT2D eigenvalue weighted by Gasteiger charge is 2.72. The summed E-state index contributed by atoms with van der Waals surface area (Å²) in [6.45, 7) is 22.1. The van der Waals surface area contributed by atoms with Crippen LogP contribution < -0.4 is 10.6 Å². The molecule has 0 radical (unpaired) electrons. The number of aliphatic hydroxyl groups is 3. The van der Waals surface area contributed by atoms with E-state index in [-0.39, 0.29) is 103 Å². The Labute approximate surface area is 703 Å². The molecular formula is C90H135F14O8PSi3. The molecule has 0 bridgehead atoms. The number of carbonyl (C=O) groups excluding carboxylic acids is 1. The van der Waals surface area contributed by atoms with Crippen molar-refractivity contribution in [2.75, 3.05) is 6.16 Å². The van der Waals surface area contributed by atoms with Gasteiger partial charge < -0.3 is 33.2 Å². The molecule has 3 N–H and O–H groups in total. The van der Waals surface area contributed by atoms with Crippen LogP contribution in [0.3, 0.4) is 0 Å². The van der Waals surface area contributed by atoms with Gasteiger partial charge in [0.15, 0.2) is 25.0 Å². The second kappa shape index (κ2) is 37.6. The average molecular weight is 1740 g/mol. The number of hydrogen-bond donors (Lipinski definition) is 3. The van der Waals surface area contributed by atoms with Crippen LogP contribution in [0.15, 0.2) is 144 Å². The first-order valence-electron chi connectivity index (χ1n) is 46.5. The average Bonchev–Trinajstić information content (AvgIpc) is 1.28. The molecule has 0 aliphatic heterocycles. The zero-order valence-electron chi connectivity index (χ0n) is 82.2. The molecule has 658 valence electrons. The second-order valence-corrected chi connectivity index (χ2v) is 54.7. The quantitative estimate of drug-likeness (QED) is 0.0350. The van der Waals surface area contributed by atoms with Crippen molar-refractivity contribution in [2.24, 2.45) is 45.3 Å². The van der Waals surface area contributed by atoms with E-state index in [0.717, 1.165) is 27.8 Å². The number of alkyl halides is 14. The van der Waals surface area contributed by atoms with Crippen LogP contribution in [0.25, 0.3) is 0 Å². The van der Waals surface area contributed by atoms with Gasteiger partial charge in [0, 0.05) is 58.4 Å². The maximum atomic E-state index is 14.9. The van der Waals surface area contributed by atoms with Gasteiger partial charge in [-0.15, -0.1) is 0 Å². The summed E-state index contributed by atoms with van der Waals surface area (Å²) in [6.07, 6.45) is -15.2. The minimum absolute atomic E-state index is 0.0358. The molecule has 0 aromatic heterocycles. The Hall–Kier alpha value is -4.05. The second-order valence-electron chi connectivity index (χ2n) is 38.2. The molecule has 4 unspecified atom stereocenters. The standard InChI is InChI=1S/C33H47F7O3.C30H52F6O3Si2.C27H36FO2PSi/c1-21-23(19-24(41)20-26(21)34)11-10-22-9-6-17-30(5)25(22)12-13-27(30)29(4,15-7-14-28(2,3)42)16-8-18-31(43,32(35,36)37)33(38,39)40;1-25(2,38-40(5,6)7)17-12-18-26(3,24-16-15-22-23(37)14-11-20-27(22,24)4)19-13-21-28(29(31,32)33,30(34,35)36)39-41(8,9)10;1-21-22(19-23(20-26(21)28)30-32(5,6)27(2,3)4)17-18-31(29,24-13-9-7-10-14-24)25-15-11-8-12-16-25/h8,10-11,18,24-27,41-43H,1,6-7,9,12-17,19-20H2,2-5H3;13,21-22,24H,11-12,14-20H2,1-10H3;7-17,23,26H,1,18-20H2,2-6H3/b18-8-,22-10+,23-11-;21-13-;22-17-/t24-,25?,26+,27-,29?,30+;22?,24-,26?,27+;23-,26+/m111/s1/i2D3,3D3;1D3,2D3;. The van der Waals surface area contributed by atoms with Crippen LogP contribution in [-0.4, -0.2) is 124 Å². The van der Waals surface area contributed by atoms with E-state index in [2.05, 4.69) is 47.0 Å². The molecule has 6 aliphatic rings. The number of hydrogen-bond acceptors (Lipinski definition) is 8. The van der Waals surface area contributed by atoms with Gasteiger partial charge in [-0.1, -0.05) is 171 Å². The van der Waals surface area contributed by atoms with Gasteiger partial charge in [0.05, 0.1) is 23.4 Å². The maximum absolute atomic E-state index is 14.9. The highest BCUT2D eigenvalue weighted by molar-refractivity contribution is 7.78. The van der Waals surface area contributed by atoms with Crippen molar-refractivity contribution < 1.29 is 116 Å². The van der Waals surface area contributed by atoms with Crippen LogP contribution in [0.2, 0.25) is 57.4 Å². The van der Waals surface area contributed by atoms with Crippen LogP contribution in [0, 0.1) is 45.3 Å². The Morgan fingerprint density at radius 1 is 0.586 bits per heavy atom. The molecular weight excluding hydrogens is 1590 g/mol. The Bertz CT molecular complexity index is 4220. The van der Waals surface area contributed by atoms with E-state index in [0.29, 0.717) is 100 Å². The first-order chi connectivity index (χ1) is 57.7. The topological polar surface area (TPSA) is 123 Å². The number of halogens is 14. The van der Waals surface area contributed by atoms with Crippen molar-refractivity contribution in [2.45, 2.75) is 346 Å². The first-order valence-corrected chi connectivity index (χ1v) is 52.1. The minimum atomic E-state index is -6.07. The molecule has 6 fully saturated rings. The Balaban J connectivity index is 0.000000303. The normalized spacial score (nSPS) is 29.7. The zero-order chi connectivity index (χ0) is 98.1. The van der Waals surface area contributed by atoms with E-state index in [1.807, 2.05) is 86.7 Å². The number of Topliss-reactive ketones (excluding diaryl/α,β-unsaturated/α-hetero) is 1. The van der Waals surface area contributed by atoms with Gasteiger partial charge in [0.1, 0.15) is 25.3 Å².